The zero-order chi connectivity index (χ0) is 28.6. The zero-order valence-electron chi connectivity index (χ0n) is 21.9. The minimum absolute atomic E-state index is 0.123. The van der Waals surface area contributed by atoms with E-state index >= 15 is 8.78 Å². The highest BCUT2D eigenvalue weighted by Crippen LogP contribution is 2.38. The largest absolute Gasteiger partial charge is 0.495 e. The van der Waals surface area contributed by atoms with Crippen LogP contribution in [-0.2, 0) is 5.92 Å². The van der Waals surface area contributed by atoms with E-state index in [1.807, 2.05) is 19.9 Å². The van der Waals surface area contributed by atoms with Crippen LogP contribution in [0.3, 0.4) is 0 Å². The monoisotopic (exact) mass is 541 g/mol. The number of amides is 2. The summed E-state index contributed by atoms with van der Waals surface area (Å²) in [4.78, 5) is 28.3. The number of benzene rings is 3. The number of nitrogens with one attached hydrogen (secondary N) is 1. The fourth-order valence-corrected chi connectivity index (χ4v) is 4.82. The summed E-state index contributed by atoms with van der Waals surface area (Å²) in [5, 5.41) is 16.4. The van der Waals surface area contributed by atoms with Crippen molar-refractivity contribution in [2.45, 2.75) is 31.9 Å². The van der Waals surface area contributed by atoms with Crippen molar-refractivity contribution in [2.24, 2.45) is 0 Å². The van der Waals surface area contributed by atoms with Gasteiger partial charge in [-0.15, -0.1) is 0 Å². The fraction of sp³-hybridized carbons (Fsp3) is 0.200. The molecule has 1 N–H and O–H groups in total. The summed E-state index contributed by atoms with van der Waals surface area (Å²) >= 11 is 0. The SMILES string of the molecule is COc1ccc(C(=O)Nc2cnn3c2C(=O)N(c2ccc(C(F)(F)c4ccccc4)cc2)[C@@H](C)[C@H]3C)cc1C#N. The van der Waals surface area contributed by atoms with Crippen molar-refractivity contribution in [3.8, 4) is 11.8 Å². The van der Waals surface area contributed by atoms with Crippen LogP contribution in [0, 0.1) is 11.3 Å². The number of hydrogen-bond acceptors (Lipinski definition) is 5. The summed E-state index contributed by atoms with van der Waals surface area (Å²) in [7, 11) is 1.43. The van der Waals surface area contributed by atoms with Gasteiger partial charge in [-0.05, 0) is 44.2 Å². The molecule has 0 fully saturated rings. The van der Waals surface area contributed by atoms with Gasteiger partial charge in [0.1, 0.15) is 11.8 Å². The molecular formula is C30H25F2N5O3. The second-order valence-corrected chi connectivity index (χ2v) is 9.48. The van der Waals surface area contributed by atoms with Gasteiger partial charge in [-0.1, -0.05) is 42.5 Å². The number of methoxy groups -OCH3 is 1. The smallest absolute Gasteiger partial charge is 0.298 e. The van der Waals surface area contributed by atoms with Gasteiger partial charge in [0, 0.05) is 22.4 Å². The number of halogens is 2. The summed E-state index contributed by atoms with van der Waals surface area (Å²) < 4.78 is 36.8. The molecule has 0 bridgehead atoms. The maximum absolute atomic E-state index is 15.1. The van der Waals surface area contributed by atoms with Gasteiger partial charge in [-0.2, -0.15) is 19.1 Å². The molecule has 1 aliphatic heterocycles. The highest BCUT2D eigenvalue weighted by molar-refractivity contribution is 6.13. The lowest BCUT2D eigenvalue weighted by molar-refractivity contribution is 0.0428. The van der Waals surface area contributed by atoms with Gasteiger partial charge in [0.25, 0.3) is 17.7 Å². The zero-order valence-corrected chi connectivity index (χ0v) is 21.9. The van der Waals surface area contributed by atoms with Crippen molar-refractivity contribution >= 4 is 23.2 Å². The molecule has 2 atom stereocenters. The molecule has 0 saturated heterocycles. The second-order valence-electron chi connectivity index (χ2n) is 9.48. The summed E-state index contributed by atoms with van der Waals surface area (Å²) in [6, 6.07) is 18.9. The highest BCUT2D eigenvalue weighted by Gasteiger charge is 2.40. The van der Waals surface area contributed by atoms with Crippen molar-refractivity contribution in [3.63, 3.8) is 0 Å². The molecule has 0 aliphatic carbocycles. The number of rotatable bonds is 6. The molecule has 8 nitrogen and oxygen atoms in total. The van der Waals surface area contributed by atoms with Crippen LogP contribution in [-0.4, -0.2) is 34.7 Å². The van der Waals surface area contributed by atoms with Crippen LogP contribution in [0.5, 0.6) is 5.75 Å². The number of ether oxygens (including phenoxy) is 1. The number of carbonyl (C=O) groups excluding carboxylic acids is 2. The van der Waals surface area contributed by atoms with Gasteiger partial charge in [-0.25, -0.2) is 0 Å². The van der Waals surface area contributed by atoms with Crippen molar-refractivity contribution in [3.05, 3.63) is 107 Å². The normalized spacial score (nSPS) is 16.7. The Labute approximate surface area is 229 Å². The lowest BCUT2D eigenvalue weighted by atomic mass is 9.99. The average molecular weight is 542 g/mol. The summed E-state index contributed by atoms with van der Waals surface area (Å²) in [5.74, 6) is -3.84. The average Bonchev–Trinajstić information content (AvgIpc) is 3.40. The first-order chi connectivity index (χ1) is 19.2. The lowest BCUT2D eigenvalue weighted by Gasteiger charge is -2.38. The van der Waals surface area contributed by atoms with E-state index < -0.39 is 17.7 Å². The Morgan fingerprint density at radius 2 is 1.70 bits per heavy atom. The van der Waals surface area contributed by atoms with E-state index in [1.54, 1.807) is 22.9 Å². The molecule has 4 aromatic rings. The van der Waals surface area contributed by atoms with Gasteiger partial charge in [0.15, 0.2) is 5.69 Å². The topological polar surface area (TPSA) is 100 Å². The number of carbonyl (C=O) groups is 2. The predicted molar refractivity (Wildman–Crippen MR) is 145 cm³/mol. The lowest BCUT2D eigenvalue weighted by Crippen LogP contribution is -2.49. The van der Waals surface area contributed by atoms with Crippen molar-refractivity contribution < 1.29 is 23.1 Å². The van der Waals surface area contributed by atoms with Crippen LogP contribution in [0.4, 0.5) is 20.2 Å². The minimum Gasteiger partial charge on any atom is -0.495 e. The maximum Gasteiger partial charge on any atom is 0.298 e. The van der Waals surface area contributed by atoms with Crippen LogP contribution in [0.25, 0.3) is 0 Å². The van der Waals surface area contributed by atoms with Crippen molar-refractivity contribution in [1.82, 2.24) is 9.78 Å². The molecule has 10 heteroatoms. The predicted octanol–water partition coefficient (Wildman–Crippen LogP) is 5.77. The molecule has 40 heavy (non-hydrogen) atoms. The third-order valence-corrected chi connectivity index (χ3v) is 7.18. The molecule has 0 saturated carbocycles. The Morgan fingerprint density at radius 3 is 2.35 bits per heavy atom. The molecule has 0 spiro atoms. The van der Waals surface area contributed by atoms with Crippen LogP contribution < -0.4 is 15.0 Å². The third-order valence-electron chi connectivity index (χ3n) is 7.18. The number of nitrogens with zero attached hydrogens (tertiary/aromatic N) is 4. The van der Waals surface area contributed by atoms with E-state index in [-0.39, 0.29) is 45.7 Å². The first kappa shape index (κ1) is 26.6. The van der Waals surface area contributed by atoms with Gasteiger partial charge in [0.05, 0.1) is 36.6 Å². The van der Waals surface area contributed by atoms with Crippen LogP contribution >= 0.6 is 0 Å². The van der Waals surface area contributed by atoms with Gasteiger partial charge in [-0.3, -0.25) is 14.3 Å². The van der Waals surface area contributed by atoms with E-state index in [0.29, 0.717) is 11.4 Å². The number of nitriles is 1. The van der Waals surface area contributed by atoms with Crippen molar-refractivity contribution in [2.75, 3.05) is 17.3 Å². The third kappa shape index (κ3) is 4.45. The highest BCUT2D eigenvalue weighted by atomic mass is 19.3. The van der Waals surface area contributed by atoms with E-state index in [1.165, 1.54) is 72.8 Å². The number of hydrogen-bond donors (Lipinski definition) is 1. The van der Waals surface area contributed by atoms with E-state index in [2.05, 4.69) is 10.4 Å². The van der Waals surface area contributed by atoms with Crippen LogP contribution in [0.2, 0.25) is 0 Å². The molecule has 5 rings (SSSR count). The molecule has 1 aromatic heterocycles. The Hall–Kier alpha value is -5.04. The Kier molecular flexibility index (Phi) is 6.81. The van der Waals surface area contributed by atoms with E-state index in [0.717, 1.165) is 0 Å². The summed E-state index contributed by atoms with van der Waals surface area (Å²) in [6.07, 6.45) is 1.40. The van der Waals surface area contributed by atoms with Gasteiger partial charge in [0.2, 0.25) is 0 Å². The molecule has 1 aliphatic rings. The quantitative estimate of drug-likeness (QED) is 0.334. The van der Waals surface area contributed by atoms with Gasteiger partial charge < -0.3 is 15.0 Å². The molecule has 2 amide bonds. The number of alkyl halides is 2. The molecular weight excluding hydrogens is 516 g/mol. The second kappa shape index (κ2) is 10.3. The van der Waals surface area contributed by atoms with E-state index in [9.17, 15) is 14.9 Å². The maximum atomic E-state index is 15.1. The standard InChI is InChI=1S/C30H25F2N5O3/c1-18-19(2)37-27(25(17-34-37)35-28(38)20-9-14-26(40-3)21(15-20)16-33)29(39)36(18)24-12-10-23(11-13-24)30(31,32)22-7-5-4-6-8-22/h4-15,17-19H,1-3H3,(H,35,38)/t18-,19+/m0/s1. The molecule has 202 valence electrons. The molecule has 0 unspecified atom stereocenters. The Morgan fingerprint density at radius 1 is 1.02 bits per heavy atom. The Bertz CT molecular complexity index is 1630. The number of anilines is 2. The van der Waals surface area contributed by atoms with Crippen LogP contribution in [0.1, 0.15) is 57.4 Å². The molecule has 0 radical (unpaired) electrons. The van der Waals surface area contributed by atoms with E-state index in [4.69, 9.17) is 4.74 Å². The van der Waals surface area contributed by atoms with Gasteiger partial charge >= 0.3 is 0 Å². The van der Waals surface area contributed by atoms with Crippen molar-refractivity contribution in [1.29, 1.82) is 5.26 Å². The summed E-state index contributed by atoms with van der Waals surface area (Å²) in [5.41, 5.74) is 0.873. The molecule has 3 aromatic carbocycles. The first-order valence-corrected chi connectivity index (χ1v) is 12.5. The first-order valence-electron chi connectivity index (χ1n) is 12.5. The fourth-order valence-electron chi connectivity index (χ4n) is 4.82. The van der Waals surface area contributed by atoms with Crippen LogP contribution in [0.15, 0.2) is 79.0 Å². The Balaban J connectivity index is 1.44. The number of fused-ring (bicyclic) bond motifs is 1. The minimum atomic E-state index is -3.20. The number of aromatic nitrogens is 2. The summed E-state index contributed by atoms with van der Waals surface area (Å²) in [6.45, 7) is 3.73. The molecule has 2 heterocycles.